The maximum absolute atomic E-state index is 15.6. The molecule has 0 saturated heterocycles. The summed E-state index contributed by atoms with van der Waals surface area (Å²) in [5, 5.41) is 0. The van der Waals surface area contributed by atoms with E-state index in [9.17, 15) is 26.9 Å². The number of nitrogens with one attached hydrogen (secondary N) is 1. The van der Waals surface area contributed by atoms with Gasteiger partial charge in [-0.1, -0.05) is 6.08 Å². The number of allylic oxidation sites excluding steroid dienone is 1. The molecule has 0 aliphatic heterocycles. The van der Waals surface area contributed by atoms with E-state index in [1.165, 1.54) is 18.2 Å². The van der Waals surface area contributed by atoms with Gasteiger partial charge in [0.1, 0.15) is 16.4 Å². The number of carbonyl (C=O) groups excluding carboxylic acids is 1. The van der Waals surface area contributed by atoms with Gasteiger partial charge in [0.25, 0.3) is 0 Å². The zero-order chi connectivity index (χ0) is 29.5. The SMILES string of the molecule is C=CCCCCc1cc(F)cc(C)c1-c1cc([C@H](CC(=O)OCC)N[S@+]([O-])C(C)(C)C)c(F)c(C(F)(F)F)c1. The van der Waals surface area contributed by atoms with Crippen molar-refractivity contribution in [3.05, 3.63) is 70.8 Å². The third-order valence-corrected chi connectivity index (χ3v) is 7.65. The molecule has 2 rings (SSSR count). The number of esters is 1. The van der Waals surface area contributed by atoms with Gasteiger partial charge in [0.15, 0.2) is 0 Å². The first-order chi connectivity index (χ1) is 18.1. The first kappa shape index (κ1) is 32.8. The quantitative estimate of drug-likeness (QED) is 0.0922. The molecule has 0 fully saturated rings. The molecular formula is C29H36F5NO3S. The summed E-state index contributed by atoms with van der Waals surface area (Å²) in [4.78, 5) is 12.4. The highest BCUT2D eigenvalue weighted by molar-refractivity contribution is 7.90. The third kappa shape index (κ3) is 9.05. The van der Waals surface area contributed by atoms with Crippen molar-refractivity contribution >= 4 is 17.3 Å². The summed E-state index contributed by atoms with van der Waals surface area (Å²) in [6, 6.07) is 3.02. The number of hydrogen-bond acceptors (Lipinski definition) is 4. The van der Waals surface area contributed by atoms with Crippen LogP contribution in [0.15, 0.2) is 36.9 Å². The van der Waals surface area contributed by atoms with Crippen LogP contribution in [0.2, 0.25) is 0 Å². The van der Waals surface area contributed by atoms with Crippen LogP contribution in [-0.2, 0) is 33.5 Å². The summed E-state index contributed by atoms with van der Waals surface area (Å²) < 4.78 is 91.9. The average Bonchev–Trinajstić information content (AvgIpc) is 2.80. The topological polar surface area (TPSA) is 61.4 Å². The van der Waals surface area contributed by atoms with Crippen molar-refractivity contribution in [2.45, 2.75) is 83.7 Å². The standard InChI is InChI=1S/C29H36F5NO3S/c1-7-9-10-11-12-19-14-21(30)13-18(3)26(19)20-15-22(27(31)23(16-20)29(32,33)34)24(17-25(36)38-8-2)35-39(37)28(4,5)6/h7,13-16,24,35H,1,8-12,17H2,2-6H3/t24-,39+/m0/s1. The molecule has 10 heteroatoms. The Hall–Kier alpha value is -2.43. The predicted molar refractivity (Wildman–Crippen MR) is 144 cm³/mol. The fraction of sp³-hybridized carbons (Fsp3) is 0.483. The molecule has 39 heavy (non-hydrogen) atoms. The van der Waals surface area contributed by atoms with E-state index < -0.39 is 63.5 Å². The average molecular weight is 574 g/mol. The molecule has 0 radical (unpaired) electrons. The lowest BCUT2D eigenvalue weighted by atomic mass is 9.88. The zero-order valence-electron chi connectivity index (χ0n) is 22.9. The number of aryl methyl sites for hydroxylation is 2. The minimum absolute atomic E-state index is 0.00816. The molecule has 0 heterocycles. The highest BCUT2D eigenvalue weighted by atomic mass is 32.2. The summed E-state index contributed by atoms with van der Waals surface area (Å²) in [7, 11) is 0. The van der Waals surface area contributed by atoms with E-state index >= 15 is 4.39 Å². The summed E-state index contributed by atoms with van der Waals surface area (Å²) in [5.74, 6) is -2.90. The Morgan fingerprint density at radius 3 is 2.38 bits per heavy atom. The van der Waals surface area contributed by atoms with Gasteiger partial charge in [-0.2, -0.15) is 13.2 Å². The van der Waals surface area contributed by atoms with Crippen LogP contribution in [0, 0.1) is 18.6 Å². The number of halogens is 5. The van der Waals surface area contributed by atoms with Gasteiger partial charge >= 0.3 is 12.1 Å². The zero-order valence-corrected chi connectivity index (χ0v) is 23.8. The van der Waals surface area contributed by atoms with E-state index in [1.807, 2.05) is 0 Å². The number of alkyl halides is 3. The van der Waals surface area contributed by atoms with Crippen molar-refractivity contribution < 1.29 is 36.0 Å². The minimum atomic E-state index is -5.06. The highest BCUT2D eigenvalue weighted by Gasteiger charge is 2.39. The van der Waals surface area contributed by atoms with Crippen LogP contribution in [-0.4, -0.2) is 21.9 Å². The van der Waals surface area contributed by atoms with Crippen LogP contribution in [0.3, 0.4) is 0 Å². The van der Waals surface area contributed by atoms with Crippen molar-refractivity contribution in [3.63, 3.8) is 0 Å². The first-order valence-electron chi connectivity index (χ1n) is 12.7. The Kier molecular flexibility index (Phi) is 11.6. The molecule has 0 spiro atoms. The monoisotopic (exact) mass is 573 g/mol. The molecular weight excluding hydrogens is 537 g/mol. The summed E-state index contributed by atoms with van der Waals surface area (Å²) >= 11 is -1.86. The van der Waals surface area contributed by atoms with Crippen molar-refractivity contribution in [1.82, 2.24) is 4.72 Å². The van der Waals surface area contributed by atoms with Crippen LogP contribution >= 0.6 is 0 Å². The number of rotatable bonds is 12. The maximum atomic E-state index is 15.6. The molecule has 2 atom stereocenters. The van der Waals surface area contributed by atoms with Gasteiger partial charge in [0.2, 0.25) is 0 Å². The second-order valence-electron chi connectivity index (χ2n) is 10.3. The van der Waals surface area contributed by atoms with Gasteiger partial charge < -0.3 is 9.29 Å². The molecule has 0 aromatic heterocycles. The number of carbonyl (C=O) groups is 1. The smallest absolute Gasteiger partial charge is 0.419 e. The van der Waals surface area contributed by atoms with E-state index in [2.05, 4.69) is 11.3 Å². The number of ether oxygens (including phenoxy) is 1. The van der Waals surface area contributed by atoms with Crippen molar-refractivity contribution in [3.8, 4) is 11.1 Å². The Balaban J connectivity index is 2.79. The molecule has 0 amide bonds. The number of benzene rings is 2. The maximum Gasteiger partial charge on any atom is 0.419 e. The Morgan fingerprint density at radius 2 is 1.82 bits per heavy atom. The van der Waals surface area contributed by atoms with Gasteiger partial charge in [-0.05, 0) is 107 Å². The fourth-order valence-corrected chi connectivity index (χ4v) is 5.01. The summed E-state index contributed by atoms with van der Waals surface area (Å²) in [6.07, 6.45) is -1.36. The van der Waals surface area contributed by atoms with Gasteiger partial charge in [0.05, 0.1) is 24.6 Å². The van der Waals surface area contributed by atoms with E-state index in [0.717, 1.165) is 12.8 Å². The van der Waals surface area contributed by atoms with Crippen molar-refractivity contribution in [1.29, 1.82) is 0 Å². The molecule has 0 unspecified atom stereocenters. The third-order valence-electron chi connectivity index (χ3n) is 6.04. The Bertz CT molecular complexity index is 1160. The fourth-order valence-electron chi connectivity index (χ4n) is 4.19. The van der Waals surface area contributed by atoms with Crippen LogP contribution in [0.4, 0.5) is 22.0 Å². The lowest BCUT2D eigenvalue weighted by Gasteiger charge is -2.29. The van der Waals surface area contributed by atoms with Crippen LogP contribution in [0.25, 0.3) is 11.1 Å². The lowest BCUT2D eigenvalue weighted by molar-refractivity contribution is -0.143. The number of hydrogen-bond donors (Lipinski definition) is 1. The molecule has 0 bridgehead atoms. The normalized spacial score (nSPS) is 13.7. The molecule has 4 nitrogen and oxygen atoms in total. The largest absolute Gasteiger partial charge is 0.598 e. The van der Waals surface area contributed by atoms with Crippen molar-refractivity contribution in [2.24, 2.45) is 0 Å². The molecule has 2 aromatic carbocycles. The predicted octanol–water partition coefficient (Wildman–Crippen LogP) is 7.90. The van der Waals surface area contributed by atoms with Crippen LogP contribution in [0.5, 0.6) is 0 Å². The van der Waals surface area contributed by atoms with Gasteiger partial charge in [-0.25, -0.2) is 8.78 Å². The van der Waals surface area contributed by atoms with Gasteiger partial charge in [-0.15, -0.1) is 11.3 Å². The molecule has 2 aromatic rings. The van der Waals surface area contributed by atoms with Gasteiger partial charge in [0, 0.05) is 16.9 Å². The molecule has 0 aliphatic carbocycles. The molecule has 216 valence electrons. The first-order valence-corrected chi connectivity index (χ1v) is 13.9. The molecule has 1 N–H and O–H groups in total. The van der Waals surface area contributed by atoms with E-state index in [1.54, 1.807) is 40.7 Å². The summed E-state index contributed by atoms with van der Waals surface area (Å²) in [6.45, 7) is 11.7. The Morgan fingerprint density at radius 1 is 1.15 bits per heavy atom. The molecule has 0 saturated carbocycles. The summed E-state index contributed by atoms with van der Waals surface area (Å²) in [5.41, 5.74) is -0.774. The molecule has 0 aliphatic rings. The Labute approximate surface area is 230 Å². The van der Waals surface area contributed by atoms with Gasteiger partial charge in [-0.3, -0.25) is 4.79 Å². The van der Waals surface area contributed by atoms with E-state index in [4.69, 9.17) is 4.74 Å². The van der Waals surface area contributed by atoms with E-state index in [0.29, 0.717) is 35.6 Å². The second-order valence-corrected chi connectivity index (χ2v) is 12.3. The van der Waals surface area contributed by atoms with E-state index in [-0.39, 0.29) is 12.2 Å². The van der Waals surface area contributed by atoms with Crippen molar-refractivity contribution in [2.75, 3.05) is 6.61 Å². The van der Waals surface area contributed by atoms with Crippen LogP contribution < -0.4 is 4.72 Å². The second kappa shape index (κ2) is 13.8. The number of unbranched alkanes of at least 4 members (excludes halogenated alkanes) is 2. The minimum Gasteiger partial charge on any atom is -0.598 e. The van der Waals surface area contributed by atoms with Crippen LogP contribution in [0.1, 0.15) is 81.7 Å². The lowest BCUT2D eigenvalue weighted by Crippen LogP contribution is -2.42. The highest BCUT2D eigenvalue weighted by Crippen LogP contribution is 2.40.